The molecule has 118 valence electrons. The molecule has 2 unspecified atom stereocenters. The van der Waals surface area contributed by atoms with E-state index >= 15 is 0 Å². The summed E-state index contributed by atoms with van der Waals surface area (Å²) in [5.74, 6) is -0.389. The topological polar surface area (TPSA) is 35.2 Å². The van der Waals surface area contributed by atoms with Crippen LogP contribution < -0.4 is 5.73 Å². The average molecular weight is 297 g/mol. The summed E-state index contributed by atoms with van der Waals surface area (Å²) >= 11 is 0. The number of ether oxygens (including phenoxy) is 1. The fraction of sp³-hybridized carbons (Fsp3) is 0.647. The third-order valence-electron chi connectivity index (χ3n) is 4.36. The van der Waals surface area contributed by atoms with Gasteiger partial charge in [0.1, 0.15) is 11.6 Å². The van der Waals surface area contributed by atoms with Crippen LogP contribution in [0.5, 0.6) is 0 Å². The molecule has 2 nitrogen and oxygen atoms in total. The summed E-state index contributed by atoms with van der Waals surface area (Å²) in [6.07, 6.45) is 6.14. The lowest BCUT2D eigenvalue weighted by Crippen LogP contribution is -2.44. The van der Waals surface area contributed by atoms with Gasteiger partial charge in [0, 0.05) is 12.6 Å². The second-order valence-corrected chi connectivity index (χ2v) is 5.92. The lowest BCUT2D eigenvalue weighted by Gasteiger charge is -2.34. The highest BCUT2D eigenvalue weighted by Crippen LogP contribution is 2.30. The Bertz CT molecular complexity index is 446. The van der Waals surface area contributed by atoms with Gasteiger partial charge in [0.05, 0.1) is 6.10 Å². The van der Waals surface area contributed by atoms with Crippen molar-refractivity contribution in [3.05, 3.63) is 35.4 Å². The Labute approximate surface area is 125 Å². The first kappa shape index (κ1) is 16.4. The van der Waals surface area contributed by atoms with Crippen LogP contribution >= 0.6 is 0 Å². The van der Waals surface area contributed by atoms with E-state index in [1.807, 2.05) is 6.92 Å². The van der Waals surface area contributed by atoms with Crippen LogP contribution in [0.25, 0.3) is 0 Å². The first-order valence-corrected chi connectivity index (χ1v) is 7.93. The Morgan fingerprint density at radius 3 is 2.62 bits per heavy atom. The number of hydrogen-bond donors (Lipinski definition) is 1. The van der Waals surface area contributed by atoms with Gasteiger partial charge < -0.3 is 10.5 Å². The molecule has 21 heavy (non-hydrogen) atoms. The molecule has 2 rings (SSSR count). The van der Waals surface area contributed by atoms with E-state index in [2.05, 4.69) is 0 Å². The maximum absolute atomic E-state index is 13.8. The van der Waals surface area contributed by atoms with Crippen molar-refractivity contribution in [1.29, 1.82) is 0 Å². The molecule has 4 heteroatoms. The first-order chi connectivity index (χ1) is 10.1. The molecule has 1 aliphatic rings. The summed E-state index contributed by atoms with van der Waals surface area (Å²) in [6, 6.07) is 3.22. The predicted octanol–water partition coefficient (Wildman–Crippen LogP) is 3.82. The third-order valence-corrected chi connectivity index (χ3v) is 4.36. The maximum Gasteiger partial charge on any atom is 0.126 e. The van der Waals surface area contributed by atoms with Crippen molar-refractivity contribution in [2.24, 2.45) is 11.7 Å². The van der Waals surface area contributed by atoms with Crippen LogP contribution in [0, 0.1) is 17.6 Å². The second-order valence-electron chi connectivity index (χ2n) is 5.92. The lowest BCUT2D eigenvalue weighted by molar-refractivity contribution is -0.00926. The van der Waals surface area contributed by atoms with Crippen LogP contribution in [0.1, 0.15) is 44.6 Å². The zero-order valence-electron chi connectivity index (χ0n) is 12.7. The number of halogens is 2. The van der Waals surface area contributed by atoms with Gasteiger partial charge in [-0.25, -0.2) is 8.78 Å². The van der Waals surface area contributed by atoms with Crippen LogP contribution in [0.3, 0.4) is 0 Å². The van der Waals surface area contributed by atoms with Gasteiger partial charge in [-0.1, -0.05) is 19.3 Å². The van der Waals surface area contributed by atoms with Crippen LogP contribution in [0.15, 0.2) is 18.2 Å². The molecule has 1 aromatic carbocycles. The Kier molecular flexibility index (Phi) is 6.12. The van der Waals surface area contributed by atoms with Crippen molar-refractivity contribution in [2.45, 2.75) is 57.6 Å². The molecule has 0 radical (unpaired) electrons. The van der Waals surface area contributed by atoms with E-state index in [9.17, 15) is 8.78 Å². The van der Waals surface area contributed by atoms with Crippen molar-refractivity contribution in [3.8, 4) is 0 Å². The zero-order chi connectivity index (χ0) is 15.2. The van der Waals surface area contributed by atoms with Gasteiger partial charge in [0.25, 0.3) is 0 Å². The summed E-state index contributed by atoms with van der Waals surface area (Å²) in [5, 5.41) is 0. The second kappa shape index (κ2) is 7.85. The molecule has 1 saturated carbocycles. The van der Waals surface area contributed by atoms with E-state index in [-0.39, 0.29) is 12.1 Å². The van der Waals surface area contributed by atoms with E-state index in [1.54, 1.807) is 0 Å². The van der Waals surface area contributed by atoms with Crippen LogP contribution in [0.2, 0.25) is 0 Å². The highest BCUT2D eigenvalue weighted by molar-refractivity contribution is 5.20. The Morgan fingerprint density at radius 2 is 1.95 bits per heavy atom. The quantitative estimate of drug-likeness (QED) is 0.866. The molecule has 0 heterocycles. The molecule has 2 N–H and O–H groups in total. The molecule has 0 saturated heterocycles. The predicted molar refractivity (Wildman–Crippen MR) is 80.0 cm³/mol. The lowest BCUT2D eigenvalue weighted by atomic mass is 9.81. The van der Waals surface area contributed by atoms with Crippen LogP contribution in [-0.2, 0) is 11.2 Å². The monoisotopic (exact) mass is 297 g/mol. The number of benzene rings is 1. The minimum Gasteiger partial charge on any atom is -0.377 e. The SMILES string of the molecule is CCOC(C(N)Cc1cc(F)ccc1F)C1CCCCC1. The first-order valence-electron chi connectivity index (χ1n) is 7.93. The van der Waals surface area contributed by atoms with Gasteiger partial charge in [0.2, 0.25) is 0 Å². The molecular formula is C17H25F2NO. The number of hydrogen-bond acceptors (Lipinski definition) is 2. The summed E-state index contributed by atoms with van der Waals surface area (Å²) in [7, 11) is 0. The number of rotatable bonds is 6. The molecule has 1 aliphatic carbocycles. The summed E-state index contributed by atoms with van der Waals surface area (Å²) in [4.78, 5) is 0. The smallest absolute Gasteiger partial charge is 0.126 e. The normalized spacial score (nSPS) is 19.4. The summed E-state index contributed by atoms with van der Waals surface area (Å²) in [5.41, 5.74) is 6.61. The molecule has 2 atom stereocenters. The summed E-state index contributed by atoms with van der Waals surface area (Å²) < 4.78 is 32.9. The van der Waals surface area contributed by atoms with Gasteiger partial charge in [0.15, 0.2) is 0 Å². The third kappa shape index (κ3) is 4.48. The minimum absolute atomic E-state index is 0.0713. The largest absolute Gasteiger partial charge is 0.377 e. The van der Waals surface area contributed by atoms with Gasteiger partial charge in [-0.05, 0) is 55.9 Å². The zero-order valence-corrected chi connectivity index (χ0v) is 12.7. The molecule has 0 amide bonds. The molecule has 1 fully saturated rings. The van der Waals surface area contributed by atoms with Crippen molar-refractivity contribution >= 4 is 0 Å². The van der Waals surface area contributed by atoms with E-state index in [0.29, 0.717) is 24.5 Å². The van der Waals surface area contributed by atoms with Gasteiger partial charge in [-0.2, -0.15) is 0 Å². The van der Waals surface area contributed by atoms with E-state index in [1.165, 1.54) is 25.3 Å². The minimum atomic E-state index is -0.427. The van der Waals surface area contributed by atoms with Gasteiger partial charge in [-0.3, -0.25) is 0 Å². The highest BCUT2D eigenvalue weighted by atomic mass is 19.1. The number of nitrogens with two attached hydrogens (primary N) is 1. The maximum atomic E-state index is 13.8. The fourth-order valence-electron chi connectivity index (χ4n) is 3.33. The average Bonchev–Trinajstić information content (AvgIpc) is 2.49. The van der Waals surface area contributed by atoms with E-state index in [4.69, 9.17) is 10.5 Å². The standard InChI is InChI=1S/C17H25F2NO/c1-2-21-17(12-6-4-3-5-7-12)16(20)11-13-10-14(18)8-9-15(13)19/h8-10,12,16-17H,2-7,11,20H2,1H3. The fourth-order valence-corrected chi connectivity index (χ4v) is 3.33. The van der Waals surface area contributed by atoms with Crippen LogP contribution in [0.4, 0.5) is 8.78 Å². The molecule has 0 spiro atoms. The van der Waals surface area contributed by atoms with E-state index in [0.717, 1.165) is 25.0 Å². The molecule has 0 bridgehead atoms. The van der Waals surface area contributed by atoms with Crippen LogP contribution in [-0.4, -0.2) is 18.8 Å². The van der Waals surface area contributed by atoms with Gasteiger partial charge >= 0.3 is 0 Å². The highest BCUT2D eigenvalue weighted by Gasteiger charge is 2.29. The Hall–Kier alpha value is -1.00. The van der Waals surface area contributed by atoms with Gasteiger partial charge in [-0.15, -0.1) is 0 Å². The van der Waals surface area contributed by atoms with Crippen molar-refractivity contribution in [2.75, 3.05) is 6.61 Å². The Morgan fingerprint density at radius 1 is 1.24 bits per heavy atom. The molecule has 1 aromatic rings. The summed E-state index contributed by atoms with van der Waals surface area (Å²) in [6.45, 7) is 2.55. The van der Waals surface area contributed by atoms with E-state index < -0.39 is 11.6 Å². The van der Waals surface area contributed by atoms with Crippen molar-refractivity contribution < 1.29 is 13.5 Å². The Balaban J connectivity index is 2.06. The van der Waals surface area contributed by atoms with Crippen molar-refractivity contribution in [3.63, 3.8) is 0 Å². The van der Waals surface area contributed by atoms with Crippen molar-refractivity contribution in [1.82, 2.24) is 0 Å². The molecule has 0 aliphatic heterocycles. The molecular weight excluding hydrogens is 272 g/mol. The molecule has 0 aromatic heterocycles.